The van der Waals surface area contributed by atoms with Crippen LogP contribution in [0, 0.1) is 12.8 Å². The maximum Gasteiger partial charge on any atom is 0.222 e. The van der Waals surface area contributed by atoms with Crippen LogP contribution in [-0.2, 0) is 17.6 Å². The molecule has 0 heterocycles. The molecule has 3 nitrogen and oxygen atoms in total. The van der Waals surface area contributed by atoms with Crippen LogP contribution in [0.1, 0.15) is 39.9 Å². The van der Waals surface area contributed by atoms with Crippen LogP contribution in [0.25, 0.3) is 0 Å². The summed E-state index contributed by atoms with van der Waals surface area (Å²) in [7, 11) is 1.85. The van der Waals surface area contributed by atoms with Crippen molar-refractivity contribution >= 4 is 11.7 Å². The SMILES string of the molecule is Cc1cccc2c1CC(CCC(=O)N(C)CCc1ccccc1)C2=O. The Morgan fingerprint density at radius 1 is 1.12 bits per heavy atom. The van der Waals surface area contributed by atoms with E-state index in [1.807, 2.05) is 37.4 Å². The lowest BCUT2D eigenvalue weighted by atomic mass is 9.98. The van der Waals surface area contributed by atoms with Crippen LogP contribution in [0.3, 0.4) is 0 Å². The van der Waals surface area contributed by atoms with Crippen molar-refractivity contribution < 1.29 is 9.59 Å². The third kappa shape index (κ3) is 3.98. The second kappa shape index (κ2) is 7.64. The number of carbonyl (C=O) groups is 2. The third-order valence-corrected chi connectivity index (χ3v) is 5.21. The highest BCUT2D eigenvalue weighted by Crippen LogP contribution is 2.31. The highest BCUT2D eigenvalue weighted by atomic mass is 16.2. The minimum absolute atomic E-state index is 0.0393. The van der Waals surface area contributed by atoms with Crippen LogP contribution in [0.4, 0.5) is 0 Å². The summed E-state index contributed by atoms with van der Waals surface area (Å²) in [6.07, 6.45) is 2.72. The number of rotatable bonds is 6. The number of aryl methyl sites for hydroxylation is 1. The first-order valence-corrected chi connectivity index (χ1v) is 8.97. The zero-order valence-corrected chi connectivity index (χ0v) is 15.0. The first-order chi connectivity index (χ1) is 12.1. The fourth-order valence-electron chi connectivity index (χ4n) is 3.55. The van der Waals surface area contributed by atoms with Crippen molar-refractivity contribution in [3.05, 3.63) is 70.8 Å². The van der Waals surface area contributed by atoms with Gasteiger partial charge in [-0.1, -0.05) is 48.5 Å². The van der Waals surface area contributed by atoms with E-state index in [4.69, 9.17) is 0 Å². The molecule has 2 aromatic carbocycles. The van der Waals surface area contributed by atoms with E-state index in [9.17, 15) is 9.59 Å². The van der Waals surface area contributed by atoms with Gasteiger partial charge in [0.2, 0.25) is 5.91 Å². The number of carbonyl (C=O) groups excluding carboxylic acids is 2. The quantitative estimate of drug-likeness (QED) is 0.804. The van der Waals surface area contributed by atoms with Gasteiger partial charge in [0.25, 0.3) is 0 Å². The van der Waals surface area contributed by atoms with Gasteiger partial charge < -0.3 is 4.90 Å². The fraction of sp³-hybridized carbons (Fsp3) is 0.364. The molecule has 1 atom stereocenters. The number of Topliss-reactive ketones (excluding diaryl/α,β-unsaturated/α-hetero) is 1. The van der Waals surface area contributed by atoms with E-state index < -0.39 is 0 Å². The van der Waals surface area contributed by atoms with Gasteiger partial charge in [-0.25, -0.2) is 0 Å². The van der Waals surface area contributed by atoms with Gasteiger partial charge in [-0.2, -0.15) is 0 Å². The Morgan fingerprint density at radius 2 is 1.88 bits per heavy atom. The number of fused-ring (bicyclic) bond motifs is 1. The molecule has 1 aliphatic rings. The molecule has 0 fully saturated rings. The molecule has 2 aromatic rings. The Balaban J connectivity index is 1.49. The summed E-state index contributed by atoms with van der Waals surface area (Å²) in [5.74, 6) is 0.289. The fourth-order valence-corrected chi connectivity index (χ4v) is 3.55. The molecule has 0 saturated carbocycles. The van der Waals surface area contributed by atoms with Crippen LogP contribution < -0.4 is 0 Å². The van der Waals surface area contributed by atoms with Crippen molar-refractivity contribution in [1.82, 2.24) is 4.90 Å². The van der Waals surface area contributed by atoms with Gasteiger partial charge in [0.1, 0.15) is 0 Å². The van der Waals surface area contributed by atoms with Crippen molar-refractivity contribution in [2.75, 3.05) is 13.6 Å². The average Bonchev–Trinajstić information content (AvgIpc) is 2.96. The molecule has 0 spiro atoms. The van der Waals surface area contributed by atoms with E-state index in [1.54, 1.807) is 4.90 Å². The van der Waals surface area contributed by atoms with E-state index in [-0.39, 0.29) is 17.6 Å². The van der Waals surface area contributed by atoms with E-state index in [2.05, 4.69) is 25.1 Å². The molecule has 3 rings (SSSR count). The Labute approximate surface area is 149 Å². The summed E-state index contributed by atoms with van der Waals surface area (Å²) in [6.45, 7) is 2.76. The zero-order chi connectivity index (χ0) is 17.8. The zero-order valence-electron chi connectivity index (χ0n) is 15.0. The van der Waals surface area contributed by atoms with Gasteiger partial charge in [0.05, 0.1) is 0 Å². The molecule has 0 saturated heterocycles. The van der Waals surface area contributed by atoms with Crippen LogP contribution >= 0.6 is 0 Å². The van der Waals surface area contributed by atoms with Gasteiger partial charge >= 0.3 is 0 Å². The number of hydrogen-bond donors (Lipinski definition) is 0. The molecule has 130 valence electrons. The summed E-state index contributed by atoms with van der Waals surface area (Å²) < 4.78 is 0. The van der Waals surface area contributed by atoms with Crippen LogP contribution in [0.15, 0.2) is 48.5 Å². The molecular weight excluding hydrogens is 310 g/mol. The normalized spacial score (nSPS) is 15.9. The van der Waals surface area contributed by atoms with Crippen molar-refractivity contribution in [2.24, 2.45) is 5.92 Å². The summed E-state index contributed by atoms with van der Waals surface area (Å²) >= 11 is 0. The first kappa shape index (κ1) is 17.4. The molecular formula is C22H25NO2. The van der Waals surface area contributed by atoms with Gasteiger partial charge in [0, 0.05) is 31.5 Å². The van der Waals surface area contributed by atoms with Crippen molar-refractivity contribution in [3.63, 3.8) is 0 Å². The van der Waals surface area contributed by atoms with Gasteiger partial charge in [-0.05, 0) is 42.9 Å². The summed E-state index contributed by atoms with van der Waals surface area (Å²) in [5, 5.41) is 0. The molecule has 1 unspecified atom stereocenters. The second-order valence-corrected chi connectivity index (χ2v) is 6.96. The summed E-state index contributed by atoms with van der Waals surface area (Å²) in [6, 6.07) is 16.1. The minimum Gasteiger partial charge on any atom is -0.345 e. The highest BCUT2D eigenvalue weighted by Gasteiger charge is 2.31. The Bertz CT molecular complexity index is 767. The maximum absolute atomic E-state index is 12.5. The molecule has 25 heavy (non-hydrogen) atoms. The Hall–Kier alpha value is -2.42. The van der Waals surface area contributed by atoms with Gasteiger partial charge in [-0.3, -0.25) is 9.59 Å². The second-order valence-electron chi connectivity index (χ2n) is 6.96. The molecule has 0 aromatic heterocycles. The Morgan fingerprint density at radius 3 is 2.60 bits per heavy atom. The van der Waals surface area contributed by atoms with Crippen LogP contribution in [0.5, 0.6) is 0 Å². The number of amides is 1. The number of ketones is 1. The van der Waals surface area contributed by atoms with Crippen molar-refractivity contribution in [3.8, 4) is 0 Å². The lowest BCUT2D eigenvalue weighted by Crippen LogP contribution is -2.29. The Kier molecular flexibility index (Phi) is 5.32. The van der Waals surface area contributed by atoms with E-state index >= 15 is 0 Å². The van der Waals surface area contributed by atoms with Crippen LogP contribution in [-0.4, -0.2) is 30.2 Å². The topological polar surface area (TPSA) is 37.4 Å². The van der Waals surface area contributed by atoms with Crippen molar-refractivity contribution in [1.29, 1.82) is 0 Å². The lowest BCUT2D eigenvalue weighted by Gasteiger charge is -2.18. The molecule has 0 N–H and O–H groups in total. The van der Waals surface area contributed by atoms with E-state index in [1.165, 1.54) is 16.7 Å². The van der Waals surface area contributed by atoms with Gasteiger partial charge in [-0.15, -0.1) is 0 Å². The number of nitrogens with zero attached hydrogens (tertiary/aromatic N) is 1. The largest absolute Gasteiger partial charge is 0.345 e. The smallest absolute Gasteiger partial charge is 0.222 e. The molecule has 0 bridgehead atoms. The van der Waals surface area contributed by atoms with E-state index in [0.29, 0.717) is 19.4 Å². The molecule has 0 aliphatic heterocycles. The van der Waals surface area contributed by atoms with Crippen molar-refractivity contribution in [2.45, 2.75) is 32.6 Å². The summed E-state index contributed by atoms with van der Waals surface area (Å²) in [4.78, 5) is 26.7. The predicted octanol–water partition coefficient (Wildman–Crippen LogP) is 3.83. The number of hydrogen-bond acceptors (Lipinski definition) is 2. The predicted molar refractivity (Wildman–Crippen MR) is 99.7 cm³/mol. The number of likely N-dealkylation sites (N-methyl/N-ethyl adjacent to an activating group) is 1. The monoisotopic (exact) mass is 335 g/mol. The standard InChI is InChI=1S/C22H25NO2/c1-16-7-6-10-19-20(16)15-18(22(19)25)11-12-21(24)23(2)14-13-17-8-4-3-5-9-17/h3-10,18H,11-15H2,1-2H3. The molecule has 3 heteroatoms. The third-order valence-electron chi connectivity index (χ3n) is 5.21. The lowest BCUT2D eigenvalue weighted by molar-refractivity contribution is -0.130. The summed E-state index contributed by atoms with van der Waals surface area (Å²) in [5.41, 5.74) is 4.44. The minimum atomic E-state index is -0.0393. The van der Waals surface area contributed by atoms with E-state index in [0.717, 1.165) is 18.4 Å². The first-order valence-electron chi connectivity index (χ1n) is 8.97. The number of benzene rings is 2. The highest BCUT2D eigenvalue weighted by molar-refractivity contribution is 6.02. The average molecular weight is 335 g/mol. The maximum atomic E-state index is 12.5. The van der Waals surface area contributed by atoms with Gasteiger partial charge in [0.15, 0.2) is 5.78 Å². The molecule has 1 amide bonds. The molecule has 0 radical (unpaired) electrons. The van der Waals surface area contributed by atoms with Crippen LogP contribution in [0.2, 0.25) is 0 Å². The molecule has 1 aliphatic carbocycles.